The van der Waals surface area contributed by atoms with Gasteiger partial charge in [-0.1, -0.05) is 55.5 Å². The number of halogens is 2. The second-order valence-electron chi connectivity index (χ2n) is 5.03. The molecular weight excluding hydrogens is 313 g/mol. The quantitative estimate of drug-likeness (QED) is 0.535. The van der Waals surface area contributed by atoms with Crippen LogP contribution in [0.4, 0.5) is 0 Å². The lowest BCUT2D eigenvalue weighted by Gasteiger charge is -2.29. The fourth-order valence-corrected chi connectivity index (χ4v) is 2.56. The molecule has 0 aliphatic carbocycles. The Balaban J connectivity index is 3.00. The number of nitrogens with one attached hydrogen (secondary N) is 1. The summed E-state index contributed by atoms with van der Waals surface area (Å²) in [5.74, 6) is -1.04. The van der Waals surface area contributed by atoms with Crippen molar-refractivity contribution in [3.05, 3.63) is 33.8 Å². The fraction of sp³-hybridized carbons (Fsp3) is 0.467. The van der Waals surface area contributed by atoms with Crippen LogP contribution in [0.3, 0.4) is 0 Å². The Hall–Kier alpha value is -1.26. The summed E-state index contributed by atoms with van der Waals surface area (Å²) >= 11 is 11.8. The van der Waals surface area contributed by atoms with Crippen molar-refractivity contribution in [1.29, 1.82) is 0 Å². The number of hydrogen-bond donors (Lipinski definition) is 2. The van der Waals surface area contributed by atoms with Crippen LogP contribution in [0.2, 0.25) is 10.0 Å². The maximum absolute atomic E-state index is 11.7. The molecule has 1 aromatic carbocycles. The van der Waals surface area contributed by atoms with Crippen molar-refractivity contribution >= 4 is 35.6 Å². The highest BCUT2D eigenvalue weighted by atomic mass is 35.5. The highest BCUT2D eigenvalue weighted by Gasteiger charge is 2.37. The molecule has 0 saturated heterocycles. The van der Waals surface area contributed by atoms with Crippen LogP contribution >= 0.6 is 23.2 Å². The van der Waals surface area contributed by atoms with Crippen molar-refractivity contribution < 1.29 is 14.7 Å². The molecule has 0 heterocycles. The predicted octanol–water partition coefficient (Wildman–Crippen LogP) is 3.69. The van der Waals surface area contributed by atoms with E-state index < -0.39 is 11.5 Å². The van der Waals surface area contributed by atoms with E-state index in [2.05, 4.69) is 5.32 Å². The van der Waals surface area contributed by atoms with Gasteiger partial charge in [0.25, 0.3) is 0 Å². The third-order valence-corrected chi connectivity index (χ3v) is 4.18. The van der Waals surface area contributed by atoms with Crippen LogP contribution in [0.15, 0.2) is 18.2 Å². The third kappa shape index (κ3) is 4.90. The van der Waals surface area contributed by atoms with Crippen molar-refractivity contribution in [3.63, 3.8) is 0 Å². The Kier molecular flexibility index (Phi) is 6.99. The second-order valence-corrected chi connectivity index (χ2v) is 5.85. The van der Waals surface area contributed by atoms with E-state index >= 15 is 0 Å². The van der Waals surface area contributed by atoms with Crippen molar-refractivity contribution in [2.75, 3.05) is 0 Å². The van der Waals surface area contributed by atoms with Crippen LogP contribution in [0.1, 0.15) is 38.2 Å². The SMILES string of the molecule is CCCCCC(Cc1ccc(Cl)c(Cl)c1)(NC=O)C(=O)O. The summed E-state index contributed by atoms with van der Waals surface area (Å²) in [6.45, 7) is 2.04. The van der Waals surface area contributed by atoms with Gasteiger partial charge in [-0.3, -0.25) is 4.79 Å². The lowest BCUT2D eigenvalue weighted by Crippen LogP contribution is -2.53. The van der Waals surface area contributed by atoms with E-state index in [4.69, 9.17) is 23.2 Å². The van der Waals surface area contributed by atoms with Gasteiger partial charge >= 0.3 is 5.97 Å². The summed E-state index contributed by atoms with van der Waals surface area (Å²) in [6.07, 6.45) is 3.60. The summed E-state index contributed by atoms with van der Waals surface area (Å²) in [5.41, 5.74) is -0.591. The van der Waals surface area contributed by atoms with Gasteiger partial charge in [0.2, 0.25) is 6.41 Å². The van der Waals surface area contributed by atoms with Crippen LogP contribution in [0.5, 0.6) is 0 Å². The van der Waals surface area contributed by atoms with E-state index in [1.807, 2.05) is 6.92 Å². The molecule has 1 atom stereocenters. The molecule has 0 aliphatic rings. The van der Waals surface area contributed by atoms with Gasteiger partial charge in [0.15, 0.2) is 0 Å². The molecule has 0 spiro atoms. The molecule has 1 rings (SSSR count). The molecule has 6 heteroatoms. The molecule has 4 nitrogen and oxygen atoms in total. The predicted molar refractivity (Wildman–Crippen MR) is 83.9 cm³/mol. The number of amides is 1. The minimum Gasteiger partial charge on any atom is -0.479 e. The first-order valence-electron chi connectivity index (χ1n) is 6.84. The van der Waals surface area contributed by atoms with E-state index in [1.54, 1.807) is 18.2 Å². The lowest BCUT2D eigenvalue weighted by atomic mass is 9.85. The first kappa shape index (κ1) is 17.8. The van der Waals surface area contributed by atoms with Gasteiger partial charge in [-0.05, 0) is 24.1 Å². The molecule has 0 fully saturated rings. The summed E-state index contributed by atoms with van der Waals surface area (Å²) in [7, 11) is 0. The first-order chi connectivity index (χ1) is 9.95. The zero-order chi connectivity index (χ0) is 15.9. The fourth-order valence-electron chi connectivity index (χ4n) is 2.24. The molecule has 0 bridgehead atoms. The molecular formula is C15H19Cl2NO3. The molecule has 0 radical (unpaired) electrons. The van der Waals surface area contributed by atoms with E-state index in [1.165, 1.54) is 0 Å². The van der Waals surface area contributed by atoms with Gasteiger partial charge in [-0.25, -0.2) is 4.79 Å². The average molecular weight is 332 g/mol. The number of carboxylic acids is 1. The molecule has 1 aromatic rings. The molecule has 0 aromatic heterocycles. The van der Waals surface area contributed by atoms with Gasteiger partial charge in [-0.15, -0.1) is 0 Å². The number of hydrogen-bond acceptors (Lipinski definition) is 2. The van der Waals surface area contributed by atoms with E-state index in [9.17, 15) is 14.7 Å². The number of carbonyl (C=O) groups excluding carboxylic acids is 1. The van der Waals surface area contributed by atoms with Gasteiger partial charge < -0.3 is 10.4 Å². The van der Waals surface area contributed by atoms with Crippen LogP contribution in [0.25, 0.3) is 0 Å². The average Bonchev–Trinajstić information content (AvgIpc) is 2.43. The summed E-state index contributed by atoms with van der Waals surface area (Å²) in [4.78, 5) is 22.5. The summed E-state index contributed by atoms with van der Waals surface area (Å²) < 4.78 is 0. The second kappa shape index (κ2) is 8.25. The number of carbonyl (C=O) groups is 2. The van der Waals surface area contributed by atoms with E-state index in [-0.39, 0.29) is 6.42 Å². The number of unbranched alkanes of at least 4 members (excludes halogenated alkanes) is 2. The maximum atomic E-state index is 11.7. The monoisotopic (exact) mass is 331 g/mol. The van der Waals surface area contributed by atoms with Gasteiger partial charge in [0.05, 0.1) is 10.0 Å². The smallest absolute Gasteiger partial charge is 0.329 e. The standard InChI is InChI=1S/C15H19Cl2NO3/c1-2-3-4-7-15(14(20)21,18-10-19)9-11-5-6-12(16)13(17)8-11/h5-6,8,10H,2-4,7,9H2,1H3,(H,18,19)(H,20,21). The van der Waals surface area contributed by atoms with Crippen LogP contribution in [-0.2, 0) is 16.0 Å². The molecule has 1 unspecified atom stereocenters. The van der Waals surface area contributed by atoms with Gasteiger partial charge in [-0.2, -0.15) is 0 Å². The molecule has 116 valence electrons. The highest BCUT2D eigenvalue weighted by Crippen LogP contribution is 2.27. The van der Waals surface area contributed by atoms with Crippen molar-refractivity contribution in [3.8, 4) is 0 Å². The summed E-state index contributed by atoms with van der Waals surface area (Å²) in [6, 6.07) is 4.98. The minimum absolute atomic E-state index is 0.168. The van der Waals surface area contributed by atoms with Crippen molar-refractivity contribution in [2.45, 2.75) is 44.6 Å². The Bertz CT molecular complexity index is 508. The normalized spacial score (nSPS) is 13.5. The van der Waals surface area contributed by atoms with Crippen LogP contribution < -0.4 is 5.32 Å². The molecule has 21 heavy (non-hydrogen) atoms. The van der Waals surface area contributed by atoms with Gasteiger partial charge in [0.1, 0.15) is 5.54 Å². The number of rotatable bonds is 9. The number of carboxylic acid groups (broad SMARTS) is 1. The lowest BCUT2D eigenvalue weighted by molar-refractivity contribution is -0.146. The number of benzene rings is 1. The molecule has 0 aliphatic heterocycles. The molecule has 1 amide bonds. The maximum Gasteiger partial charge on any atom is 0.329 e. The Morgan fingerprint density at radius 3 is 2.57 bits per heavy atom. The first-order valence-corrected chi connectivity index (χ1v) is 7.59. The van der Waals surface area contributed by atoms with Crippen molar-refractivity contribution in [1.82, 2.24) is 5.32 Å². The van der Waals surface area contributed by atoms with E-state index in [0.29, 0.717) is 22.9 Å². The van der Waals surface area contributed by atoms with Gasteiger partial charge in [0, 0.05) is 6.42 Å². The van der Waals surface area contributed by atoms with Crippen molar-refractivity contribution in [2.24, 2.45) is 0 Å². The zero-order valence-electron chi connectivity index (χ0n) is 11.9. The summed E-state index contributed by atoms with van der Waals surface area (Å²) in [5, 5.41) is 12.8. The Labute approximate surface area is 134 Å². The Morgan fingerprint density at radius 1 is 1.33 bits per heavy atom. The highest BCUT2D eigenvalue weighted by molar-refractivity contribution is 6.42. The Morgan fingerprint density at radius 2 is 2.05 bits per heavy atom. The molecule has 2 N–H and O–H groups in total. The van der Waals surface area contributed by atoms with Crippen LogP contribution in [-0.4, -0.2) is 23.0 Å². The third-order valence-electron chi connectivity index (χ3n) is 3.44. The topological polar surface area (TPSA) is 66.4 Å². The van der Waals surface area contributed by atoms with Crippen LogP contribution in [0, 0.1) is 0 Å². The zero-order valence-corrected chi connectivity index (χ0v) is 13.4. The number of aliphatic carboxylic acids is 1. The molecule has 0 saturated carbocycles. The minimum atomic E-state index is -1.31. The van der Waals surface area contributed by atoms with E-state index in [0.717, 1.165) is 24.8 Å². The largest absolute Gasteiger partial charge is 0.479 e.